The Morgan fingerprint density at radius 3 is 2.71 bits per heavy atom. The van der Waals surface area contributed by atoms with E-state index in [9.17, 15) is 9.59 Å². The summed E-state index contributed by atoms with van der Waals surface area (Å²) in [5.41, 5.74) is 9.09. The quantitative estimate of drug-likeness (QED) is 0.242. The number of carbonyl (C=O) groups is 2. The minimum absolute atomic E-state index is 0.0733. The third kappa shape index (κ3) is 7.11. The monoisotopic (exact) mass is 480 g/mol. The molecule has 2 aliphatic heterocycles. The maximum Gasteiger partial charge on any atom is 0.237 e. The van der Waals surface area contributed by atoms with Gasteiger partial charge >= 0.3 is 0 Å². The summed E-state index contributed by atoms with van der Waals surface area (Å²) in [5.74, 6) is 1.28. The van der Waals surface area contributed by atoms with Gasteiger partial charge in [-0.15, -0.1) is 0 Å². The Morgan fingerprint density at radius 1 is 1.09 bits per heavy atom. The smallest absolute Gasteiger partial charge is 0.237 e. The van der Waals surface area contributed by atoms with Gasteiger partial charge in [-0.25, -0.2) is 5.43 Å². The van der Waals surface area contributed by atoms with Crippen LogP contribution in [0.4, 0.5) is 0 Å². The minimum Gasteiger partial charge on any atom is -0.381 e. The van der Waals surface area contributed by atoms with Crippen molar-refractivity contribution in [3.63, 3.8) is 0 Å². The maximum absolute atomic E-state index is 12.2. The molecule has 10 nitrogen and oxygen atoms in total. The zero-order chi connectivity index (χ0) is 23.8. The summed E-state index contributed by atoms with van der Waals surface area (Å²) in [6.07, 6.45) is 12.5. The van der Waals surface area contributed by atoms with Gasteiger partial charge in [0.2, 0.25) is 11.8 Å². The molecule has 0 aromatic heterocycles. The number of hydroxylamine groups is 1. The minimum atomic E-state index is -0.118. The van der Waals surface area contributed by atoms with Crippen molar-refractivity contribution >= 4 is 11.8 Å². The van der Waals surface area contributed by atoms with Gasteiger partial charge in [-0.05, 0) is 70.3 Å². The molecule has 5 atom stereocenters. The van der Waals surface area contributed by atoms with Gasteiger partial charge in [0, 0.05) is 31.9 Å². The lowest BCUT2D eigenvalue weighted by Gasteiger charge is -2.41. The lowest BCUT2D eigenvalue weighted by Crippen LogP contribution is -2.64. The Labute approximate surface area is 203 Å². The number of hydrogen-bond acceptors (Lipinski definition) is 8. The number of rotatable bonds is 11. The first kappa shape index (κ1) is 25.8. The predicted molar refractivity (Wildman–Crippen MR) is 128 cm³/mol. The van der Waals surface area contributed by atoms with Crippen molar-refractivity contribution in [3.05, 3.63) is 0 Å². The third-order valence-electron chi connectivity index (χ3n) is 8.09. The highest BCUT2D eigenvalue weighted by atomic mass is 16.7. The molecule has 194 valence electrons. The zero-order valence-electron chi connectivity index (χ0n) is 20.6. The summed E-state index contributed by atoms with van der Waals surface area (Å²) in [6, 6.07) is 0. The Balaban J connectivity index is 1.02. The van der Waals surface area contributed by atoms with Crippen LogP contribution in [0.15, 0.2) is 0 Å². The second kappa shape index (κ2) is 13.1. The van der Waals surface area contributed by atoms with E-state index in [1.54, 1.807) is 7.11 Å². The van der Waals surface area contributed by atoms with Gasteiger partial charge in [-0.2, -0.15) is 5.48 Å². The largest absolute Gasteiger partial charge is 0.381 e. The van der Waals surface area contributed by atoms with Gasteiger partial charge in [0.1, 0.15) is 6.23 Å². The molecule has 4 rings (SSSR count). The highest BCUT2D eigenvalue weighted by molar-refractivity contribution is 5.79. The molecule has 2 heterocycles. The summed E-state index contributed by atoms with van der Waals surface area (Å²) >= 11 is 0. The molecular formula is C24H44N6O4. The molecule has 4 fully saturated rings. The number of hydrazine groups is 1. The van der Waals surface area contributed by atoms with E-state index < -0.39 is 0 Å². The molecular weight excluding hydrogens is 436 g/mol. The van der Waals surface area contributed by atoms with E-state index in [4.69, 9.17) is 9.57 Å². The summed E-state index contributed by atoms with van der Waals surface area (Å²) in [6.45, 7) is 1.55. The Morgan fingerprint density at radius 2 is 1.88 bits per heavy atom. The van der Waals surface area contributed by atoms with Crippen molar-refractivity contribution in [2.75, 3.05) is 20.2 Å². The molecule has 0 aromatic carbocycles. The van der Waals surface area contributed by atoms with E-state index in [2.05, 4.69) is 32.3 Å². The number of fused-ring (bicyclic) bond motifs is 1. The Kier molecular flexibility index (Phi) is 9.96. The molecule has 0 radical (unpaired) electrons. The molecule has 2 saturated heterocycles. The van der Waals surface area contributed by atoms with Crippen molar-refractivity contribution in [2.45, 2.75) is 102 Å². The standard InChI is InChI=1S/C24H44N6O4/c1-33-17-10-8-16(9-11-17)22-27-21(34-30-22)13-12-20(31)25-14-4-5-15-26-23-18-6-2-3-7-19(18)24(32)29-28-23/h16-19,21-23,26-28,30H,2-15H2,1H3,(H,25,31)(H,29,32). The SMILES string of the molecule is COC1CCC(C2NOC(CCC(=O)NCCCCNC3NNC(=O)C4CCCCC34)N2)CC1. The summed E-state index contributed by atoms with van der Waals surface area (Å²) in [5, 5.41) is 10.1. The topological polar surface area (TPSA) is 125 Å². The van der Waals surface area contributed by atoms with Crippen LogP contribution in [0.3, 0.4) is 0 Å². The first-order valence-corrected chi connectivity index (χ1v) is 13.4. The normalized spacial score (nSPS) is 36.0. The van der Waals surface area contributed by atoms with Crippen molar-refractivity contribution in [3.8, 4) is 0 Å². The number of unbranched alkanes of at least 4 members (excludes halogenated alkanes) is 1. The van der Waals surface area contributed by atoms with E-state index in [-0.39, 0.29) is 36.3 Å². The second-order valence-corrected chi connectivity index (χ2v) is 10.4. The highest BCUT2D eigenvalue weighted by Gasteiger charge is 2.39. The van der Waals surface area contributed by atoms with Gasteiger partial charge in [-0.3, -0.25) is 25.2 Å². The molecule has 5 unspecified atom stereocenters. The van der Waals surface area contributed by atoms with Crippen LogP contribution in [0, 0.1) is 17.8 Å². The van der Waals surface area contributed by atoms with Crippen LogP contribution in [0.2, 0.25) is 0 Å². The number of ether oxygens (including phenoxy) is 1. The van der Waals surface area contributed by atoms with Crippen molar-refractivity contribution < 1.29 is 19.2 Å². The predicted octanol–water partition coefficient (Wildman–Crippen LogP) is 1.00. The fourth-order valence-corrected chi connectivity index (χ4v) is 5.98. The highest BCUT2D eigenvalue weighted by Crippen LogP contribution is 2.33. The van der Waals surface area contributed by atoms with Crippen LogP contribution in [-0.2, 0) is 19.2 Å². The van der Waals surface area contributed by atoms with E-state index in [0.717, 1.165) is 64.3 Å². The van der Waals surface area contributed by atoms with E-state index in [0.29, 0.717) is 37.3 Å². The molecule has 6 N–H and O–H groups in total. The van der Waals surface area contributed by atoms with Crippen LogP contribution in [0.25, 0.3) is 0 Å². The average Bonchev–Trinajstić information content (AvgIpc) is 3.35. The summed E-state index contributed by atoms with van der Waals surface area (Å²) < 4.78 is 5.46. The number of carbonyl (C=O) groups excluding carboxylic acids is 2. The average molecular weight is 481 g/mol. The van der Waals surface area contributed by atoms with Crippen LogP contribution >= 0.6 is 0 Å². The molecule has 2 saturated carbocycles. The van der Waals surface area contributed by atoms with Gasteiger partial charge in [0.25, 0.3) is 0 Å². The molecule has 10 heteroatoms. The molecule has 0 aromatic rings. The van der Waals surface area contributed by atoms with Crippen LogP contribution in [0.5, 0.6) is 0 Å². The molecule has 34 heavy (non-hydrogen) atoms. The number of methoxy groups -OCH3 is 1. The molecule has 4 aliphatic rings. The summed E-state index contributed by atoms with van der Waals surface area (Å²) in [4.78, 5) is 29.9. The number of hydrogen-bond donors (Lipinski definition) is 6. The first-order chi connectivity index (χ1) is 16.6. The van der Waals surface area contributed by atoms with Crippen LogP contribution in [-0.4, -0.2) is 56.7 Å². The Bertz CT molecular complexity index is 659. The summed E-state index contributed by atoms with van der Waals surface area (Å²) in [7, 11) is 1.79. The molecule has 2 aliphatic carbocycles. The third-order valence-corrected chi connectivity index (χ3v) is 8.09. The van der Waals surface area contributed by atoms with Gasteiger partial charge in [0.15, 0.2) is 0 Å². The first-order valence-electron chi connectivity index (χ1n) is 13.4. The van der Waals surface area contributed by atoms with E-state index in [1.807, 2.05) is 0 Å². The lowest BCUT2D eigenvalue weighted by molar-refractivity contribution is -0.134. The van der Waals surface area contributed by atoms with Gasteiger partial charge < -0.3 is 15.4 Å². The second-order valence-electron chi connectivity index (χ2n) is 10.4. The Hall–Kier alpha value is -1.30. The van der Waals surface area contributed by atoms with Gasteiger partial charge in [0.05, 0.1) is 18.4 Å². The van der Waals surface area contributed by atoms with Gasteiger partial charge in [-0.1, -0.05) is 12.8 Å². The fourth-order valence-electron chi connectivity index (χ4n) is 5.98. The van der Waals surface area contributed by atoms with E-state index >= 15 is 0 Å². The van der Waals surface area contributed by atoms with E-state index in [1.165, 1.54) is 6.42 Å². The van der Waals surface area contributed by atoms with Crippen molar-refractivity contribution in [1.82, 2.24) is 32.3 Å². The van der Waals surface area contributed by atoms with Crippen molar-refractivity contribution in [2.24, 2.45) is 17.8 Å². The molecule has 0 spiro atoms. The van der Waals surface area contributed by atoms with Crippen LogP contribution < -0.4 is 32.3 Å². The maximum atomic E-state index is 12.2. The molecule has 0 bridgehead atoms. The number of nitrogens with one attached hydrogen (secondary N) is 6. The number of amides is 2. The molecule has 2 amide bonds. The fraction of sp³-hybridized carbons (Fsp3) is 0.917. The van der Waals surface area contributed by atoms with Crippen LogP contribution in [0.1, 0.15) is 77.0 Å². The lowest BCUT2D eigenvalue weighted by atomic mass is 9.76. The zero-order valence-corrected chi connectivity index (χ0v) is 20.6. The van der Waals surface area contributed by atoms with Crippen molar-refractivity contribution in [1.29, 1.82) is 0 Å².